The normalized spacial score (nSPS) is 11.0. The third-order valence-electron chi connectivity index (χ3n) is 4.03. The Morgan fingerprint density at radius 3 is 2.24 bits per heavy atom. The van der Waals surface area contributed by atoms with Gasteiger partial charge in [-0.25, -0.2) is 4.68 Å². The van der Waals surface area contributed by atoms with E-state index in [0.717, 1.165) is 11.3 Å². The van der Waals surface area contributed by atoms with E-state index >= 15 is 0 Å². The van der Waals surface area contributed by atoms with Crippen LogP contribution in [0, 0.1) is 6.92 Å². The van der Waals surface area contributed by atoms with Gasteiger partial charge < -0.3 is 5.32 Å². The second-order valence-corrected chi connectivity index (χ2v) is 5.67. The van der Waals surface area contributed by atoms with E-state index < -0.39 is 0 Å². The smallest absolute Gasteiger partial charge is 0.295 e. The van der Waals surface area contributed by atoms with E-state index in [-0.39, 0.29) is 17.2 Å². The Morgan fingerprint density at radius 1 is 1.00 bits per heavy atom. The van der Waals surface area contributed by atoms with Crippen LogP contribution in [-0.4, -0.2) is 15.3 Å². The average molecular weight is 333 g/mol. The number of aromatic nitrogens is 2. The van der Waals surface area contributed by atoms with Crippen molar-refractivity contribution >= 4 is 17.7 Å². The molecule has 1 N–H and O–H groups in total. The number of hydrogen-bond acceptors (Lipinski definition) is 2. The van der Waals surface area contributed by atoms with E-state index in [0.29, 0.717) is 5.69 Å². The highest BCUT2D eigenvalue weighted by atomic mass is 16.2. The van der Waals surface area contributed by atoms with E-state index in [1.54, 1.807) is 24.7 Å². The largest absolute Gasteiger partial charge is 0.316 e. The molecule has 25 heavy (non-hydrogen) atoms. The number of anilines is 1. The minimum atomic E-state index is -0.338. The first kappa shape index (κ1) is 16.5. The maximum atomic E-state index is 12.7. The molecule has 5 nitrogen and oxygen atoms in total. The lowest BCUT2D eigenvalue weighted by atomic mass is 10.2. The van der Waals surface area contributed by atoms with E-state index in [2.05, 4.69) is 5.32 Å². The van der Waals surface area contributed by atoms with Crippen molar-refractivity contribution in [2.75, 3.05) is 5.32 Å². The molecule has 3 rings (SSSR count). The first-order valence-electron chi connectivity index (χ1n) is 7.96. The standard InChI is InChI=1S/C20H19N3O2/c1-15-19(21-18(24)14-13-16-9-5-3-6-10-16)20(25)23(22(15)2)17-11-7-4-8-12-17/h3-14H,1-2H3,(H,21,24)/b14-13-. The number of carbonyl (C=O) groups excluding carboxylic acids is 1. The Morgan fingerprint density at radius 2 is 1.60 bits per heavy atom. The maximum Gasteiger partial charge on any atom is 0.295 e. The molecule has 0 fully saturated rings. The summed E-state index contributed by atoms with van der Waals surface area (Å²) in [4.78, 5) is 24.9. The van der Waals surface area contributed by atoms with E-state index in [1.165, 1.54) is 10.8 Å². The number of nitrogens with one attached hydrogen (secondary N) is 1. The molecule has 1 heterocycles. The molecule has 126 valence electrons. The second kappa shape index (κ2) is 7.05. The van der Waals surface area contributed by atoms with Crippen LogP contribution in [-0.2, 0) is 11.8 Å². The zero-order valence-corrected chi connectivity index (χ0v) is 14.1. The predicted molar refractivity (Wildman–Crippen MR) is 99.9 cm³/mol. The molecule has 3 aromatic rings. The molecule has 0 atom stereocenters. The second-order valence-electron chi connectivity index (χ2n) is 5.67. The highest BCUT2D eigenvalue weighted by molar-refractivity contribution is 6.02. The lowest BCUT2D eigenvalue weighted by Crippen LogP contribution is -2.22. The van der Waals surface area contributed by atoms with Crippen LogP contribution >= 0.6 is 0 Å². The number of amides is 1. The summed E-state index contributed by atoms with van der Waals surface area (Å²) in [5, 5.41) is 2.70. The van der Waals surface area contributed by atoms with Crippen molar-refractivity contribution in [3.63, 3.8) is 0 Å². The molecule has 5 heteroatoms. The monoisotopic (exact) mass is 333 g/mol. The van der Waals surface area contributed by atoms with Crippen molar-refractivity contribution in [3.05, 3.63) is 88.4 Å². The van der Waals surface area contributed by atoms with Crippen LogP contribution in [0.4, 0.5) is 5.69 Å². The summed E-state index contributed by atoms with van der Waals surface area (Å²) >= 11 is 0. The van der Waals surface area contributed by atoms with Crippen molar-refractivity contribution < 1.29 is 4.79 Å². The summed E-state index contributed by atoms with van der Waals surface area (Å²) < 4.78 is 3.26. The summed E-state index contributed by atoms with van der Waals surface area (Å²) in [7, 11) is 1.79. The highest BCUT2D eigenvalue weighted by Gasteiger charge is 2.17. The number of benzene rings is 2. The number of carbonyl (C=O) groups is 1. The average Bonchev–Trinajstić information content (AvgIpc) is 2.85. The fourth-order valence-electron chi connectivity index (χ4n) is 2.61. The van der Waals surface area contributed by atoms with Gasteiger partial charge in [0.15, 0.2) is 0 Å². The Balaban J connectivity index is 1.87. The first-order chi connectivity index (χ1) is 12.1. The fourth-order valence-corrected chi connectivity index (χ4v) is 2.61. The molecule has 0 unspecified atom stereocenters. The highest BCUT2D eigenvalue weighted by Crippen LogP contribution is 2.14. The SMILES string of the molecule is Cc1c(NC(=O)/C=C\c2ccccc2)c(=O)n(-c2ccccc2)n1C. The third-order valence-corrected chi connectivity index (χ3v) is 4.03. The van der Waals surface area contributed by atoms with Gasteiger partial charge in [-0.3, -0.25) is 14.3 Å². The van der Waals surface area contributed by atoms with Gasteiger partial charge in [0.2, 0.25) is 5.91 Å². The van der Waals surface area contributed by atoms with Crippen LogP contribution in [0.5, 0.6) is 0 Å². The summed E-state index contributed by atoms with van der Waals surface area (Å²) in [6.45, 7) is 1.80. The van der Waals surface area contributed by atoms with Gasteiger partial charge in [-0.05, 0) is 30.7 Å². The molecule has 0 spiro atoms. The van der Waals surface area contributed by atoms with Crippen LogP contribution in [0.1, 0.15) is 11.3 Å². The van der Waals surface area contributed by atoms with Crippen LogP contribution in [0.3, 0.4) is 0 Å². The maximum absolute atomic E-state index is 12.7. The quantitative estimate of drug-likeness (QED) is 0.746. The molecule has 0 bridgehead atoms. The first-order valence-corrected chi connectivity index (χ1v) is 7.96. The Labute approximate surface area is 145 Å². The van der Waals surface area contributed by atoms with Gasteiger partial charge in [0, 0.05) is 13.1 Å². The molecule has 0 saturated heterocycles. The van der Waals surface area contributed by atoms with Crippen LogP contribution in [0.15, 0.2) is 71.5 Å². The Bertz CT molecular complexity index is 967. The van der Waals surface area contributed by atoms with Crippen LogP contribution in [0.2, 0.25) is 0 Å². The van der Waals surface area contributed by atoms with Crippen molar-refractivity contribution in [1.82, 2.24) is 9.36 Å². The van der Waals surface area contributed by atoms with Crippen LogP contribution in [0.25, 0.3) is 11.8 Å². The van der Waals surface area contributed by atoms with Gasteiger partial charge >= 0.3 is 0 Å². The zero-order valence-electron chi connectivity index (χ0n) is 14.1. The number of hydrogen-bond donors (Lipinski definition) is 1. The molecule has 1 amide bonds. The van der Waals surface area contributed by atoms with Gasteiger partial charge in [0.05, 0.1) is 11.4 Å². The van der Waals surface area contributed by atoms with Crippen LogP contribution < -0.4 is 10.9 Å². The molecule has 0 saturated carbocycles. The van der Waals surface area contributed by atoms with Crippen molar-refractivity contribution in [3.8, 4) is 5.69 Å². The lowest BCUT2D eigenvalue weighted by molar-refractivity contribution is -0.111. The lowest BCUT2D eigenvalue weighted by Gasteiger charge is -2.07. The molecule has 0 aliphatic heterocycles. The van der Waals surface area contributed by atoms with E-state index in [1.807, 2.05) is 60.7 Å². The molecular formula is C20H19N3O2. The van der Waals surface area contributed by atoms with Gasteiger partial charge in [0.25, 0.3) is 5.56 Å². The predicted octanol–water partition coefficient (Wildman–Crippen LogP) is 3.14. The summed E-state index contributed by atoms with van der Waals surface area (Å²) in [5.74, 6) is -0.338. The molecule has 0 radical (unpaired) electrons. The van der Waals surface area contributed by atoms with Gasteiger partial charge in [-0.15, -0.1) is 0 Å². The Kier molecular flexibility index (Phi) is 4.66. The minimum Gasteiger partial charge on any atom is -0.316 e. The zero-order chi connectivity index (χ0) is 17.8. The van der Waals surface area contributed by atoms with Gasteiger partial charge in [0.1, 0.15) is 5.69 Å². The fraction of sp³-hybridized carbons (Fsp3) is 0.100. The molecular weight excluding hydrogens is 314 g/mol. The number of nitrogens with zero attached hydrogens (tertiary/aromatic N) is 2. The number of rotatable bonds is 4. The molecule has 0 aliphatic rings. The Hall–Kier alpha value is -3.34. The van der Waals surface area contributed by atoms with E-state index in [4.69, 9.17) is 0 Å². The summed E-state index contributed by atoms with van der Waals surface area (Å²) in [6, 6.07) is 18.8. The third kappa shape index (κ3) is 3.45. The topological polar surface area (TPSA) is 56.0 Å². The van der Waals surface area contributed by atoms with Crippen molar-refractivity contribution in [2.24, 2.45) is 7.05 Å². The minimum absolute atomic E-state index is 0.257. The molecule has 2 aromatic carbocycles. The van der Waals surface area contributed by atoms with Crippen molar-refractivity contribution in [1.29, 1.82) is 0 Å². The molecule has 0 aliphatic carbocycles. The summed E-state index contributed by atoms with van der Waals surface area (Å²) in [5.41, 5.74) is 2.39. The van der Waals surface area contributed by atoms with Gasteiger partial charge in [-0.2, -0.15) is 0 Å². The van der Waals surface area contributed by atoms with E-state index in [9.17, 15) is 9.59 Å². The van der Waals surface area contributed by atoms with Gasteiger partial charge in [-0.1, -0.05) is 48.5 Å². The molecule has 1 aromatic heterocycles. The number of para-hydroxylation sites is 1. The van der Waals surface area contributed by atoms with Crippen molar-refractivity contribution in [2.45, 2.75) is 6.92 Å². The summed E-state index contributed by atoms with van der Waals surface area (Å²) in [6.07, 6.45) is 3.14.